The Labute approximate surface area is 164 Å². The van der Waals surface area contributed by atoms with Crippen LogP contribution < -0.4 is 10.6 Å². The van der Waals surface area contributed by atoms with E-state index in [0.29, 0.717) is 18.9 Å². The van der Waals surface area contributed by atoms with Crippen LogP contribution in [0.3, 0.4) is 0 Å². The summed E-state index contributed by atoms with van der Waals surface area (Å²) in [7, 11) is -1.23. The normalized spacial score (nSPS) is 13.2. The first-order valence-corrected chi connectivity index (χ1v) is 9.96. The molecule has 0 radical (unpaired) electrons. The fourth-order valence-electron chi connectivity index (χ4n) is 1.93. The Kier molecular flexibility index (Phi) is 10.3. The lowest BCUT2D eigenvalue weighted by molar-refractivity contribution is 0.581. The van der Waals surface area contributed by atoms with Gasteiger partial charge < -0.3 is 10.6 Å². The van der Waals surface area contributed by atoms with Crippen molar-refractivity contribution in [2.24, 2.45) is 4.99 Å². The van der Waals surface area contributed by atoms with Gasteiger partial charge in [-0.15, -0.1) is 24.0 Å². The molecule has 0 saturated carbocycles. The average molecular weight is 518 g/mol. The molecule has 0 heterocycles. The molecule has 2 N–H and O–H groups in total. The number of nitrogens with zero attached hydrogens (tertiary/aromatic N) is 1. The second-order valence-electron chi connectivity index (χ2n) is 5.46. The maximum absolute atomic E-state index is 11.2. The minimum Gasteiger partial charge on any atom is -0.354 e. The highest BCUT2D eigenvalue weighted by Crippen LogP contribution is 2.15. The van der Waals surface area contributed by atoms with E-state index in [2.05, 4.69) is 50.6 Å². The molecule has 0 aliphatic heterocycles. The van der Waals surface area contributed by atoms with Gasteiger partial charge in [0.15, 0.2) is 5.96 Å². The van der Waals surface area contributed by atoms with E-state index in [9.17, 15) is 8.42 Å². The van der Waals surface area contributed by atoms with Crippen molar-refractivity contribution in [1.29, 1.82) is 0 Å². The second-order valence-corrected chi connectivity index (χ2v) is 8.64. The second kappa shape index (κ2) is 10.5. The van der Waals surface area contributed by atoms with Gasteiger partial charge in [-0.3, -0.25) is 4.99 Å². The number of benzene rings is 1. The minimum absolute atomic E-state index is 0. The molecule has 1 aromatic rings. The zero-order chi connectivity index (χ0) is 16.8. The maximum Gasteiger partial charge on any atom is 0.191 e. The van der Waals surface area contributed by atoms with Gasteiger partial charge in [-0.25, -0.2) is 8.42 Å². The van der Waals surface area contributed by atoms with Gasteiger partial charge in [0.2, 0.25) is 0 Å². The molecule has 0 aromatic heterocycles. The predicted molar refractivity (Wildman–Crippen MR) is 111 cm³/mol. The number of nitrogens with one attached hydrogen (secondary N) is 2. The van der Waals surface area contributed by atoms with Crippen molar-refractivity contribution in [2.45, 2.75) is 32.9 Å². The Bertz CT molecular complexity index is 636. The molecule has 0 bridgehead atoms. The summed E-state index contributed by atoms with van der Waals surface area (Å²) in [6.45, 7) is 4.67. The summed E-state index contributed by atoms with van der Waals surface area (Å²) in [4.78, 5) is 4.17. The van der Waals surface area contributed by atoms with Gasteiger partial charge in [0.05, 0.1) is 5.75 Å². The topological polar surface area (TPSA) is 70.6 Å². The molecular weight excluding hydrogens is 493 g/mol. The van der Waals surface area contributed by atoms with E-state index in [-0.39, 0.29) is 35.8 Å². The Morgan fingerprint density at radius 2 is 2.04 bits per heavy atom. The number of halogens is 2. The van der Waals surface area contributed by atoms with Crippen molar-refractivity contribution in [3.63, 3.8) is 0 Å². The Morgan fingerprint density at radius 3 is 2.57 bits per heavy atom. The van der Waals surface area contributed by atoms with E-state index >= 15 is 0 Å². The maximum atomic E-state index is 11.2. The van der Waals surface area contributed by atoms with E-state index in [1.165, 1.54) is 17.4 Å². The van der Waals surface area contributed by atoms with Crippen molar-refractivity contribution in [3.8, 4) is 0 Å². The van der Waals surface area contributed by atoms with Gasteiger partial charge >= 0.3 is 0 Å². The fraction of sp³-hybridized carbons (Fsp3) is 0.533. The summed E-state index contributed by atoms with van der Waals surface area (Å²) in [5, 5.41) is 6.45. The van der Waals surface area contributed by atoms with E-state index in [4.69, 9.17) is 0 Å². The van der Waals surface area contributed by atoms with E-state index in [1.807, 2.05) is 13.0 Å². The number of hydrogen-bond acceptors (Lipinski definition) is 3. The molecule has 132 valence electrons. The quantitative estimate of drug-likeness (QED) is 0.346. The lowest BCUT2D eigenvalue weighted by Crippen LogP contribution is -2.42. The highest BCUT2D eigenvalue weighted by molar-refractivity contribution is 14.0. The molecule has 5 nitrogen and oxygen atoms in total. The van der Waals surface area contributed by atoms with Gasteiger partial charge in [0.25, 0.3) is 0 Å². The molecule has 0 aliphatic rings. The Hall–Kier alpha value is -0.350. The van der Waals surface area contributed by atoms with Crippen molar-refractivity contribution < 1.29 is 8.42 Å². The van der Waals surface area contributed by atoms with Crippen LogP contribution in [0.1, 0.15) is 24.5 Å². The Morgan fingerprint density at radius 1 is 1.39 bits per heavy atom. The lowest BCUT2D eigenvalue weighted by Gasteiger charge is -2.18. The first kappa shape index (κ1) is 22.6. The van der Waals surface area contributed by atoms with Gasteiger partial charge in [-0.1, -0.05) is 22.0 Å². The van der Waals surface area contributed by atoms with Crippen LogP contribution in [-0.4, -0.2) is 39.5 Å². The molecule has 0 saturated heterocycles. The van der Waals surface area contributed by atoms with Gasteiger partial charge in [-0.05, 0) is 43.5 Å². The van der Waals surface area contributed by atoms with Crippen LogP contribution in [0, 0.1) is 6.92 Å². The number of aliphatic imine (C=N–C) groups is 1. The molecule has 1 rings (SSSR count). The Balaban J connectivity index is 0.00000484. The first-order chi connectivity index (χ1) is 10.2. The highest BCUT2D eigenvalue weighted by Gasteiger charge is 2.09. The molecule has 1 aromatic carbocycles. The monoisotopic (exact) mass is 517 g/mol. The number of sulfone groups is 1. The average Bonchev–Trinajstić information content (AvgIpc) is 2.42. The van der Waals surface area contributed by atoms with Gasteiger partial charge in [0, 0.05) is 30.4 Å². The van der Waals surface area contributed by atoms with E-state index < -0.39 is 9.84 Å². The predicted octanol–water partition coefficient (Wildman–Crippen LogP) is 2.86. The van der Waals surface area contributed by atoms with Crippen LogP contribution in [0.15, 0.2) is 27.7 Å². The van der Waals surface area contributed by atoms with Crippen molar-refractivity contribution in [2.75, 3.05) is 19.1 Å². The van der Waals surface area contributed by atoms with Crippen molar-refractivity contribution >= 4 is 55.7 Å². The summed E-state index contributed by atoms with van der Waals surface area (Å²) in [6.07, 6.45) is 1.81. The molecule has 1 unspecified atom stereocenters. The number of hydrogen-bond donors (Lipinski definition) is 2. The zero-order valence-electron chi connectivity index (χ0n) is 13.9. The standard InChI is InChI=1S/C15H24BrN3O2S.HI/c1-11-9-14(16)6-5-13(11)10-18-15(17-3)19-12(2)7-8-22(4,20)21;/h5-6,9,12H,7-8,10H2,1-4H3,(H2,17,18,19);1H. The van der Waals surface area contributed by atoms with Crippen molar-refractivity contribution in [1.82, 2.24) is 10.6 Å². The van der Waals surface area contributed by atoms with E-state index in [0.717, 1.165) is 4.47 Å². The summed E-state index contributed by atoms with van der Waals surface area (Å²) in [5.41, 5.74) is 2.39. The molecular formula is C15H25BrIN3O2S. The van der Waals surface area contributed by atoms with Crippen LogP contribution in [0.25, 0.3) is 0 Å². The third kappa shape index (κ3) is 9.51. The summed E-state index contributed by atoms with van der Waals surface area (Å²) in [6, 6.07) is 6.18. The SMILES string of the molecule is CN=C(NCc1ccc(Br)cc1C)NC(C)CCS(C)(=O)=O.I. The van der Waals surface area contributed by atoms with Gasteiger partial charge in [-0.2, -0.15) is 0 Å². The molecule has 0 amide bonds. The molecule has 0 aliphatic carbocycles. The first-order valence-electron chi connectivity index (χ1n) is 7.11. The summed E-state index contributed by atoms with van der Waals surface area (Å²) < 4.78 is 23.4. The number of guanidine groups is 1. The number of rotatable bonds is 6. The summed E-state index contributed by atoms with van der Waals surface area (Å²) in [5.74, 6) is 0.840. The lowest BCUT2D eigenvalue weighted by atomic mass is 10.1. The smallest absolute Gasteiger partial charge is 0.191 e. The molecule has 0 spiro atoms. The number of aryl methyl sites for hydroxylation is 1. The van der Waals surface area contributed by atoms with Crippen LogP contribution in [-0.2, 0) is 16.4 Å². The molecule has 1 atom stereocenters. The third-order valence-electron chi connectivity index (χ3n) is 3.28. The molecule has 0 fully saturated rings. The third-order valence-corrected chi connectivity index (χ3v) is 4.75. The largest absolute Gasteiger partial charge is 0.354 e. The fourth-order valence-corrected chi connectivity index (χ4v) is 3.18. The zero-order valence-corrected chi connectivity index (χ0v) is 18.6. The molecule has 8 heteroatoms. The summed E-state index contributed by atoms with van der Waals surface area (Å²) >= 11 is 3.45. The van der Waals surface area contributed by atoms with E-state index in [1.54, 1.807) is 7.05 Å². The van der Waals surface area contributed by atoms with Crippen molar-refractivity contribution in [3.05, 3.63) is 33.8 Å². The van der Waals surface area contributed by atoms with Crippen LogP contribution in [0.5, 0.6) is 0 Å². The highest BCUT2D eigenvalue weighted by atomic mass is 127. The van der Waals surface area contributed by atoms with Crippen LogP contribution in [0.2, 0.25) is 0 Å². The van der Waals surface area contributed by atoms with Crippen LogP contribution in [0.4, 0.5) is 0 Å². The molecule has 23 heavy (non-hydrogen) atoms. The van der Waals surface area contributed by atoms with Gasteiger partial charge in [0.1, 0.15) is 9.84 Å². The minimum atomic E-state index is -2.93. The van der Waals surface area contributed by atoms with Crippen LogP contribution >= 0.6 is 39.9 Å².